The number of rotatable bonds is 3. The number of nitrogens with one attached hydrogen (secondary N) is 1. The van der Waals surface area contributed by atoms with Gasteiger partial charge in [0.25, 0.3) is 0 Å². The highest BCUT2D eigenvalue weighted by Gasteiger charge is 2.38. The van der Waals surface area contributed by atoms with E-state index in [9.17, 15) is 4.39 Å². The summed E-state index contributed by atoms with van der Waals surface area (Å²) in [6.07, 6.45) is 3.72. The summed E-state index contributed by atoms with van der Waals surface area (Å²) in [5.74, 6) is -0.360. The molecule has 2 atom stereocenters. The number of halogens is 1. The van der Waals surface area contributed by atoms with Gasteiger partial charge in [0, 0.05) is 24.7 Å². The van der Waals surface area contributed by atoms with Crippen LogP contribution in [0.1, 0.15) is 31.7 Å². The molecule has 0 spiro atoms. The molecule has 1 heterocycles. The highest BCUT2D eigenvalue weighted by molar-refractivity contribution is 5.58. The molecule has 1 aliphatic heterocycles. The zero-order valence-corrected chi connectivity index (χ0v) is 11.1. The molecule has 0 radical (unpaired) electrons. The maximum atomic E-state index is 13.1. The van der Waals surface area contributed by atoms with Gasteiger partial charge in [-0.1, -0.05) is 0 Å². The zero-order chi connectivity index (χ0) is 13.4. The summed E-state index contributed by atoms with van der Waals surface area (Å²) in [6.45, 7) is 3.28. The molecule has 0 aromatic heterocycles. The summed E-state index contributed by atoms with van der Waals surface area (Å²) < 4.78 is 13.1. The molecule has 4 heteroatoms. The highest BCUT2D eigenvalue weighted by Crippen LogP contribution is 2.34. The van der Waals surface area contributed by atoms with E-state index in [0.29, 0.717) is 17.6 Å². The third-order valence-corrected chi connectivity index (χ3v) is 4.10. The Morgan fingerprint density at radius 3 is 2.89 bits per heavy atom. The maximum Gasteiger partial charge on any atom is 0.124 e. The van der Waals surface area contributed by atoms with Crippen LogP contribution in [0.15, 0.2) is 18.2 Å². The Kier molecular flexibility index (Phi) is 3.16. The van der Waals surface area contributed by atoms with Crippen LogP contribution in [0, 0.1) is 17.1 Å². The van der Waals surface area contributed by atoms with Crippen molar-refractivity contribution in [2.45, 2.75) is 44.3 Å². The van der Waals surface area contributed by atoms with Crippen molar-refractivity contribution in [3.05, 3.63) is 29.6 Å². The van der Waals surface area contributed by atoms with Crippen molar-refractivity contribution in [3.8, 4) is 6.07 Å². The lowest BCUT2D eigenvalue weighted by Gasteiger charge is -2.20. The Balaban J connectivity index is 1.70. The number of nitriles is 1. The second kappa shape index (κ2) is 4.82. The molecular weight excluding hydrogens is 241 g/mol. The predicted molar refractivity (Wildman–Crippen MR) is 72.3 cm³/mol. The van der Waals surface area contributed by atoms with Gasteiger partial charge >= 0.3 is 0 Å². The van der Waals surface area contributed by atoms with Crippen LogP contribution in [-0.4, -0.2) is 29.6 Å². The second-order valence-electron chi connectivity index (χ2n) is 5.66. The van der Waals surface area contributed by atoms with Crippen LogP contribution in [0.4, 0.5) is 10.1 Å². The lowest BCUT2D eigenvalue weighted by Crippen LogP contribution is -2.31. The van der Waals surface area contributed by atoms with Crippen LogP contribution in [-0.2, 0) is 0 Å². The fraction of sp³-hybridized carbons (Fsp3) is 0.533. The fourth-order valence-corrected chi connectivity index (χ4v) is 3.03. The molecule has 0 amide bonds. The van der Waals surface area contributed by atoms with E-state index in [1.165, 1.54) is 25.0 Å². The van der Waals surface area contributed by atoms with Crippen LogP contribution in [0.5, 0.6) is 0 Å². The second-order valence-corrected chi connectivity index (χ2v) is 5.66. The third-order valence-electron chi connectivity index (χ3n) is 4.10. The molecule has 2 unspecified atom stereocenters. The maximum absolute atomic E-state index is 13.1. The van der Waals surface area contributed by atoms with Gasteiger partial charge in [0.05, 0.1) is 11.3 Å². The number of hydrogen-bond acceptors (Lipinski definition) is 3. The fourth-order valence-electron chi connectivity index (χ4n) is 3.03. The van der Waals surface area contributed by atoms with Gasteiger partial charge in [0.2, 0.25) is 0 Å². The molecule has 19 heavy (non-hydrogen) atoms. The van der Waals surface area contributed by atoms with Gasteiger partial charge in [-0.2, -0.15) is 5.26 Å². The SMILES string of the molecule is CC1CC(Nc2ccc(F)cc2C#N)CN1C1CC1. The van der Waals surface area contributed by atoms with E-state index in [1.807, 2.05) is 0 Å². The minimum atomic E-state index is -0.360. The van der Waals surface area contributed by atoms with E-state index in [0.717, 1.165) is 24.7 Å². The topological polar surface area (TPSA) is 39.1 Å². The summed E-state index contributed by atoms with van der Waals surface area (Å²) in [6, 6.07) is 8.13. The normalized spacial score (nSPS) is 27.2. The smallest absolute Gasteiger partial charge is 0.124 e. The molecule has 100 valence electrons. The van der Waals surface area contributed by atoms with E-state index < -0.39 is 0 Å². The molecule has 1 saturated heterocycles. The summed E-state index contributed by atoms with van der Waals surface area (Å²) in [5.41, 5.74) is 1.14. The molecule has 3 rings (SSSR count). The molecule has 2 fully saturated rings. The minimum absolute atomic E-state index is 0.355. The van der Waals surface area contributed by atoms with Gasteiger partial charge in [0.15, 0.2) is 0 Å². The molecule has 3 nitrogen and oxygen atoms in total. The van der Waals surface area contributed by atoms with Crippen molar-refractivity contribution in [3.63, 3.8) is 0 Å². The average molecular weight is 259 g/mol. The Bertz CT molecular complexity index is 519. The monoisotopic (exact) mass is 259 g/mol. The van der Waals surface area contributed by atoms with Crippen molar-refractivity contribution in [2.75, 3.05) is 11.9 Å². The van der Waals surface area contributed by atoms with Crippen LogP contribution in [0.2, 0.25) is 0 Å². The van der Waals surface area contributed by atoms with Crippen molar-refractivity contribution >= 4 is 5.69 Å². The standard InChI is InChI=1S/C15H18FN3/c1-10-6-13(9-19(10)14-3-4-14)18-15-5-2-12(16)7-11(15)8-17/h2,5,7,10,13-14,18H,3-4,6,9H2,1H3. The minimum Gasteiger partial charge on any atom is -0.380 e. The molecule has 1 aromatic carbocycles. The summed E-state index contributed by atoms with van der Waals surface area (Å²) in [7, 11) is 0. The van der Waals surface area contributed by atoms with Gasteiger partial charge in [-0.15, -0.1) is 0 Å². The first-order chi connectivity index (χ1) is 9.17. The molecule has 1 aliphatic carbocycles. The number of anilines is 1. The van der Waals surface area contributed by atoms with Gasteiger partial charge in [-0.05, 0) is 44.4 Å². The van der Waals surface area contributed by atoms with Crippen molar-refractivity contribution in [1.29, 1.82) is 5.26 Å². The van der Waals surface area contributed by atoms with Gasteiger partial charge in [-0.3, -0.25) is 4.90 Å². The highest BCUT2D eigenvalue weighted by atomic mass is 19.1. The lowest BCUT2D eigenvalue weighted by molar-refractivity contribution is 0.257. The van der Waals surface area contributed by atoms with E-state index in [-0.39, 0.29) is 5.82 Å². The van der Waals surface area contributed by atoms with Gasteiger partial charge in [-0.25, -0.2) is 4.39 Å². The first kappa shape index (κ1) is 12.4. The van der Waals surface area contributed by atoms with Crippen molar-refractivity contribution in [1.82, 2.24) is 4.90 Å². The summed E-state index contributed by atoms with van der Waals surface area (Å²) in [5, 5.41) is 12.5. The Morgan fingerprint density at radius 1 is 1.42 bits per heavy atom. The lowest BCUT2D eigenvalue weighted by atomic mass is 10.1. The molecule has 1 aromatic rings. The van der Waals surface area contributed by atoms with Gasteiger partial charge < -0.3 is 5.32 Å². The van der Waals surface area contributed by atoms with Crippen molar-refractivity contribution < 1.29 is 4.39 Å². The predicted octanol–water partition coefficient (Wildman–Crippen LogP) is 2.73. The molecule has 1 saturated carbocycles. The third kappa shape index (κ3) is 2.57. The van der Waals surface area contributed by atoms with Gasteiger partial charge in [0.1, 0.15) is 11.9 Å². The van der Waals surface area contributed by atoms with Crippen LogP contribution in [0.25, 0.3) is 0 Å². The first-order valence-corrected chi connectivity index (χ1v) is 6.89. The van der Waals surface area contributed by atoms with E-state index in [2.05, 4.69) is 23.2 Å². The van der Waals surface area contributed by atoms with E-state index in [1.54, 1.807) is 6.07 Å². The quantitative estimate of drug-likeness (QED) is 0.907. The van der Waals surface area contributed by atoms with Crippen molar-refractivity contribution in [2.24, 2.45) is 0 Å². The first-order valence-electron chi connectivity index (χ1n) is 6.89. The molecule has 1 N–H and O–H groups in total. The number of nitrogens with zero attached hydrogens (tertiary/aromatic N) is 2. The number of benzene rings is 1. The Labute approximate surface area is 113 Å². The molecule has 2 aliphatic rings. The zero-order valence-electron chi connectivity index (χ0n) is 11.1. The van der Waals surface area contributed by atoms with Crippen LogP contribution < -0.4 is 5.32 Å². The molecule has 0 bridgehead atoms. The van der Waals surface area contributed by atoms with Crippen LogP contribution in [0.3, 0.4) is 0 Å². The van der Waals surface area contributed by atoms with Crippen LogP contribution >= 0.6 is 0 Å². The average Bonchev–Trinajstić information content (AvgIpc) is 3.16. The summed E-state index contributed by atoms with van der Waals surface area (Å²) in [4.78, 5) is 2.55. The molecular formula is C15H18FN3. The Hall–Kier alpha value is -1.60. The Morgan fingerprint density at radius 2 is 2.21 bits per heavy atom. The summed E-state index contributed by atoms with van der Waals surface area (Å²) >= 11 is 0. The van der Waals surface area contributed by atoms with E-state index in [4.69, 9.17) is 5.26 Å². The largest absolute Gasteiger partial charge is 0.380 e. The number of hydrogen-bond donors (Lipinski definition) is 1. The number of likely N-dealkylation sites (tertiary alicyclic amines) is 1. The van der Waals surface area contributed by atoms with E-state index >= 15 is 0 Å².